The number of benzene rings is 1. The van der Waals surface area contributed by atoms with Gasteiger partial charge in [0, 0.05) is 24.7 Å². The van der Waals surface area contributed by atoms with Crippen LogP contribution in [0.2, 0.25) is 0 Å². The van der Waals surface area contributed by atoms with Crippen LogP contribution in [0.3, 0.4) is 0 Å². The lowest BCUT2D eigenvalue weighted by atomic mass is 10.0. The van der Waals surface area contributed by atoms with Gasteiger partial charge in [-0.15, -0.1) is 0 Å². The van der Waals surface area contributed by atoms with E-state index < -0.39 is 5.60 Å². The Kier molecular flexibility index (Phi) is 3.22. The lowest BCUT2D eigenvalue weighted by Crippen LogP contribution is -2.39. The Balaban J connectivity index is 1.94. The highest BCUT2D eigenvalue weighted by molar-refractivity contribution is 5.91. The number of aromatic nitrogens is 2. The zero-order valence-electron chi connectivity index (χ0n) is 11.7. The summed E-state index contributed by atoms with van der Waals surface area (Å²) in [5.74, 6) is 0.822. The number of likely N-dealkylation sites (N-methyl/N-ethyl adjacent to an activating group) is 1. The van der Waals surface area contributed by atoms with Crippen LogP contribution in [0.4, 0.5) is 11.5 Å². The molecule has 0 spiro atoms. The summed E-state index contributed by atoms with van der Waals surface area (Å²) in [5, 5.41) is 11.5. The van der Waals surface area contributed by atoms with Crippen LogP contribution in [-0.2, 0) is 0 Å². The van der Waals surface area contributed by atoms with E-state index >= 15 is 0 Å². The second-order valence-electron chi connectivity index (χ2n) is 5.76. The maximum absolute atomic E-state index is 10.5. The molecule has 1 aliphatic carbocycles. The van der Waals surface area contributed by atoms with Gasteiger partial charge >= 0.3 is 0 Å². The van der Waals surface area contributed by atoms with Gasteiger partial charge in [-0.1, -0.05) is 12.8 Å². The number of nitrogens with zero attached hydrogens (tertiary/aromatic N) is 3. The SMILES string of the molecule is CN(CC1(O)CCCC1)c1ncnc2ccc(N)cc12. The molecular formula is C15H20N4O. The molecule has 3 N–H and O–H groups in total. The second kappa shape index (κ2) is 4.90. The molecule has 0 atom stereocenters. The van der Waals surface area contributed by atoms with Crippen molar-refractivity contribution in [1.82, 2.24) is 9.97 Å². The summed E-state index contributed by atoms with van der Waals surface area (Å²) in [5.41, 5.74) is 6.83. The van der Waals surface area contributed by atoms with E-state index in [1.165, 1.54) is 0 Å². The molecule has 0 saturated heterocycles. The molecule has 1 fully saturated rings. The van der Waals surface area contributed by atoms with E-state index in [0.29, 0.717) is 12.2 Å². The summed E-state index contributed by atoms with van der Waals surface area (Å²) in [7, 11) is 1.96. The number of nitrogens with two attached hydrogens (primary N) is 1. The van der Waals surface area contributed by atoms with Gasteiger partial charge in [-0.2, -0.15) is 0 Å². The molecule has 5 heteroatoms. The minimum absolute atomic E-state index is 0.591. The summed E-state index contributed by atoms with van der Waals surface area (Å²) >= 11 is 0. The summed E-state index contributed by atoms with van der Waals surface area (Å²) in [6.07, 6.45) is 5.48. The fourth-order valence-electron chi connectivity index (χ4n) is 3.07. The van der Waals surface area contributed by atoms with Crippen LogP contribution in [0.25, 0.3) is 10.9 Å². The van der Waals surface area contributed by atoms with Crippen molar-refractivity contribution in [2.75, 3.05) is 24.2 Å². The van der Waals surface area contributed by atoms with Crippen LogP contribution in [0, 0.1) is 0 Å². The molecule has 1 aliphatic rings. The topological polar surface area (TPSA) is 75.3 Å². The standard InChI is InChI=1S/C15H20N4O/c1-19(9-15(20)6-2-3-7-15)14-12-8-11(16)4-5-13(12)17-10-18-14/h4-5,8,10,20H,2-3,6-7,9,16H2,1H3. The molecule has 0 amide bonds. The average Bonchev–Trinajstić information content (AvgIpc) is 2.84. The highest BCUT2D eigenvalue weighted by atomic mass is 16.3. The molecule has 1 heterocycles. The fraction of sp³-hybridized carbons (Fsp3) is 0.467. The van der Waals surface area contributed by atoms with Gasteiger partial charge in [-0.25, -0.2) is 9.97 Å². The Morgan fingerprint density at radius 1 is 1.30 bits per heavy atom. The lowest BCUT2D eigenvalue weighted by molar-refractivity contribution is 0.0558. The van der Waals surface area contributed by atoms with Crippen molar-refractivity contribution in [3.63, 3.8) is 0 Å². The highest BCUT2D eigenvalue weighted by Crippen LogP contribution is 2.32. The van der Waals surface area contributed by atoms with Crippen molar-refractivity contribution in [3.8, 4) is 0 Å². The summed E-state index contributed by atoms with van der Waals surface area (Å²) in [6, 6.07) is 5.62. The Morgan fingerprint density at radius 3 is 2.80 bits per heavy atom. The summed E-state index contributed by atoms with van der Waals surface area (Å²) in [4.78, 5) is 10.6. The van der Waals surface area contributed by atoms with E-state index in [2.05, 4.69) is 9.97 Å². The predicted molar refractivity (Wildman–Crippen MR) is 80.6 cm³/mol. The molecule has 1 aromatic carbocycles. The van der Waals surface area contributed by atoms with Gasteiger partial charge in [-0.05, 0) is 31.0 Å². The predicted octanol–water partition coefficient (Wildman–Crippen LogP) is 1.95. The molecule has 20 heavy (non-hydrogen) atoms. The number of hydrogen-bond donors (Lipinski definition) is 2. The first-order valence-electron chi connectivity index (χ1n) is 7.01. The summed E-state index contributed by atoms with van der Waals surface area (Å²) < 4.78 is 0. The monoisotopic (exact) mass is 272 g/mol. The third kappa shape index (κ3) is 2.41. The molecule has 3 rings (SSSR count). The first-order valence-corrected chi connectivity index (χ1v) is 7.01. The third-order valence-electron chi connectivity index (χ3n) is 4.07. The molecule has 2 aromatic rings. The number of fused-ring (bicyclic) bond motifs is 1. The number of aliphatic hydroxyl groups is 1. The largest absolute Gasteiger partial charge is 0.399 e. The van der Waals surface area contributed by atoms with Crippen LogP contribution in [0.1, 0.15) is 25.7 Å². The zero-order chi connectivity index (χ0) is 14.2. The molecule has 0 radical (unpaired) electrons. The van der Waals surface area contributed by atoms with Gasteiger partial charge in [0.05, 0.1) is 11.1 Å². The number of nitrogen functional groups attached to an aromatic ring is 1. The Morgan fingerprint density at radius 2 is 2.05 bits per heavy atom. The molecule has 5 nitrogen and oxygen atoms in total. The Labute approximate surface area is 118 Å². The smallest absolute Gasteiger partial charge is 0.139 e. The molecule has 0 aliphatic heterocycles. The number of hydrogen-bond acceptors (Lipinski definition) is 5. The van der Waals surface area contributed by atoms with Gasteiger partial charge in [-0.3, -0.25) is 0 Å². The average molecular weight is 272 g/mol. The van der Waals surface area contributed by atoms with E-state index in [1.54, 1.807) is 6.33 Å². The van der Waals surface area contributed by atoms with Crippen molar-refractivity contribution < 1.29 is 5.11 Å². The first kappa shape index (κ1) is 13.1. The van der Waals surface area contributed by atoms with E-state index in [1.807, 2.05) is 30.1 Å². The maximum Gasteiger partial charge on any atom is 0.139 e. The van der Waals surface area contributed by atoms with Crippen molar-refractivity contribution in [3.05, 3.63) is 24.5 Å². The van der Waals surface area contributed by atoms with E-state index in [0.717, 1.165) is 42.4 Å². The van der Waals surface area contributed by atoms with Crippen LogP contribution < -0.4 is 10.6 Å². The van der Waals surface area contributed by atoms with Gasteiger partial charge in [0.1, 0.15) is 12.1 Å². The number of rotatable bonds is 3. The highest BCUT2D eigenvalue weighted by Gasteiger charge is 2.32. The molecular weight excluding hydrogens is 252 g/mol. The van der Waals surface area contributed by atoms with Crippen LogP contribution in [-0.4, -0.2) is 34.3 Å². The van der Waals surface area contributed by atoms with Crippen molar-refractivity contribution in [1.29, 1.82) is 0 Å². The minimum Gasteiger partial charge on any atom is -0.399 e. The van der Waals surface area contributed by atoms with Crippen molar-refractivity contribution >= 4 is 22.4 Å². The van der Waals surface area contributed by atoms with E-state index in [-0.39, 0.29) is 0 Å². The fourth-order valence-corrected chi connectivity index (χ4v) is 3.07. The Hall–Kier alpha value is -1.88. The van der Waals surface area contributed by atoms with Crippen LogP contribution in [0.15, 0.2) is 24.5 Å². The number of anilines is 2. The molecule has 106 valence electrons. The van der Waals surface area contributed by atoms with Crippen LogP contribution in [0.5, 0.6) is 0 Å². The van der Waals surface area contributed by atoms with E-state index in [9.17, 15) is 5.11 Å². The molecule has 0 bridgehead atoms. The van der Waals surface area contributed by atoms with Crippen molar-refractivity contribution in [2.24, 2.45) is 0 Å². The van der Waals surface area contributed by atoms with Crippen LogP contribution >= 0.6 is 0 Å². The quantitative estimate of drug-likeness (QED) is 0.835. The Bertz CT molecular complexity index is 622. The molecule has 1 saturated carbocycles. The zero-order valence-corrected chi connectivity index (χ0v) is 11.7. The maximum atomic E-state index is 10.5. The summed E-state index contributed by atoms with van der Waals surface area (Å²) in [6.45, 7) is 0.591. The normalized spacial score (nSPS) is 17.5. The second-order valence-corrected chi connectivity index (χ2v) is 5.76. The van der Waals surface area contributed by atoms with Crippen molar-refractivity contribution in [2.45, 2.75) is 31.3 Å². The van der Waals surface area contributed by atoms with Gasteiger partial charge < -0.3 is 15.7 Å². The molecule has 1 aromatic heterocycles. The van der Waals surface area contributed by atoms with Gasteiger partial charge in [0.2, 0.25) is 0 Å². The lowest BCUT2D eigenvalue weighted by Gasteiger charge is -2.29. The first-order chi connectivity index (χ1) is 9.57. The van der Waals surface area contributed by atoms with Gasteiger partial charge in [0.25, 0.3) is 0 Å². The van der Waals surface area contributed by atoms with Gasteiger partial charge in [0.15, 0.2) is 0 Å². The third-order valence-corrected chi connectivity index (χ3v) is 4.07. The van der Waals surface area contributed by atoms with E-state index in [4.69, 9.17) is 5.73 Å². The molecule has 0 unspecified atom stereocenters. The minimum atomic E-state index is -0.591.